The first-order valence-electron chi connectivity index (χ1n) is 7.34. The third-order valence-electron chi connectivity index (χ3n) is 4.07. The van der Waals surface area contributed by atoms with E-state index in [1.54, 1.807) is 6.07 Å². The maximum Gasteiger partial charge on any atom is 0.340 e. The molecule has 1 saturated carbocycles. The van der Waals surface area contributed by atoms with E-state index in [1.165, 1.54) is 26.4 Å². The summed E-state index contributed by atoms with van der Waals surface area (Å²) in [5, 5.41) is 3.50. The summed E-state index contributed by atoms with van der Waals surface area (Å²) in [5.41, 5.74) is 7.68. The SMILES string of the molecule is COC(=O)c1cc(N)ccc1NC1CCCC(C)CC1. The molecule has 4 heteroatoms. The predicted octanol–water partition coefficient (Wildman–Crippen LogP) is 3.44. The van der Waals surface area contributed by atoms with Crippen LogP contribution in [0.4, 0.5) is 11.4 Å². The minimum absolute atomic E-state index is 0.346. The first kappa shape index (κ1) is 14.7. The van der Waals surface area contributed by atoms with E-state index in [4.69, 9.17) is 10.5 Å². The van der Waals surface area contributed by atoms with Gasteiger partial charge in [0.15, 0.2) is 0 Å². The van der Waals surface area contributed by atoms with Crippen molar-refractivity contribution < 1.29 is 9.53 Å². The fourth-order valence-electron chi connectivity index (χ4n) is 2.82. The molecule has 110 valence electrons. The van der Waals surface area contributed by atoms with Crippen LogP contribution in [-0.4, -0.2) is 19.1 Å². The highest BCUT2D eigenvalue weighted by molar-refractivity contribution is 5.96. The first-order chi connectivity index (χ1) is 9.60. The number of nitrogens with one attached hydrogen (secondary N) is 1. The summed E-state index contributed by atoms with van der Waals surface area (Å²) in [6, 6.07) is 5.78. The van der Waals surface area contributed by atoms with Crippen LogP contribution in [0.1, 0.15) is 49.4 Å². The van der Waals surface area contributed by atoms with Crippen LogP contribution < -0.4 is 11.1 Å². The van der Waals surface area contributed by atoms with Gasteiger partial charge < -0.3 is 15.8 Å². The molecule has 1 aliphatic rings. The van der Waals surface area contributed by atoms with Crippen LogP contribution in [0.3, 0.4) is 0 Å². The van der Waals surface area contributed by atoms with Crippen molar-refractivity contribution in [3.8, 4) is 0 Å². The van der Waals surface area contributed by atoms with Crippen LogP contribution in [0, 0.1) is 5.92 Å². The Bertz CT molecular complexity index is 474. The first-order valence-corrected chi connectivity index (χ1v) is 7.34. The van der Waals surface area contributed by atoms with Crippen LogP contribution >= 0.6 is 0 Å². The zero-order valence-electron chi connectivity index (χ0n) is 12.3. The number of nitrogens with two attached hydrogens (primary N) is 1. The van der Waals surface area contributed by atoms with Gasteiger partial charge in [0.1, 0.15) is 0 Å². The molecule has 2 rings (SSSR count). The predicted molar refractivity (Wildman–Crippen MR) is 81.9 cm³/mol. The summed E-state index contributed by atoms with van der Waals surface area (Å²) in [4.78, 5) is 11.8. The minimum Gasteiger partial charge on any atom is -0.465 e. The molecule has 0 bridgehead atoms. The van der Waals surface area contributed by atoms with Gasteiger partial charge in [-0.15, -0.1) is 0 Å². The number of benzene rings is 1. The van der Waals surface area contributed by atoms with Crippen LogP contribution in [0.15, 0.2) is 18.2 Å². The fraction of sp³-hybridized carbons (Fsp3) is 0.562. The van der Waals surface area contributed by atoms with Crippen LogP contribution in [0.2, 0.25) is 0 Å². The van der Waals surface area contributed by atoms with Gasteiger partial charge in [-0.05, 0) is 43.4 Å². The summed E-state index contributed by atoms with van der Waals surface area (Å²) in [5.74, 6) is 0.454. The van der Waals surface area contributed by atoms with Gasteiger partial charge in [0.2, 0.25) is 0 Å². The zero-order valence-corrected chi connectivity index (χ0v) is 12.3. The Balaban J connectivity index is 2.14. The van der Waals surface area contributed by atoms with Crippen molar-refractivity contribution in [2.24, 2.45) is 5.92 Å². The second-order valence-electron chi connectivity index (χ2n) is 5.75. The van der Waals surface area contributed by atoms with E-state index in [-0.39, 0.29) is 5.97 Å². The van der Waals surface area contributed by atoms with Crippen LogP contribution in [0.25, 0.3) is 0 Å². The largest absolute Gasteiger partial charge is 0.465 e. The van der Waals surface area contributed by atoms with Gasteiger partial charge >= 0.3 is 5.97 Å². The number of carbonyl (C=O) groups is 1. The van der Waals surface area contributed by atoms with E-state index in [0.717, 1.165) is 24.4 Å². The van der Waals surface area contributed by atoms with Crippen LogP contribution in [-0.2, 0) is 4.74 Å². The summed E-state index contributed by atoms with van der Waals surface area (Å²) in [6.45, 7) is 2.31. The lowest BCUT2D eigenvalue weighted by atomic mass is 10.0. The van der Waals surface area contributed by atoms with Crippen molar-refractivity contribution in [1.29, 1.82) is 0 Å². The molecule has 1 aromatic carbocycles. The monoisotopic (exact) mass is 276 g/mol. The van der Waals surface area contributed by atoms with E-state index in [1.807, 2.05) is 12.1 Å². The summed E-state index contributed by atoms with van der Waals surface area (Å²) >= 11 is 0. The molecular weight excluding hydrogens is 252 g/mol. The van der Waals surface area contributed by atoms with Crippen molar-refractivity contribution in [2.75, 3.05) is 18.2 Å². The maximum atomic E-state index is 11.8. The van der Waals surface area contributed by atoms with Gasteiger partial charge in [-0.3, -0.25) is 0 Å². The van der Waals surface area contributed by atoms with E-state index in [0.29, 0.717) is 17.3 Å². The highest BCUT2D eigenvalue weighted by Gasteiger charge is 2.19. The molecule has 0 spiro atoms. The lowest BCUT2D eigenvalue weighted by Gasteiger charge is -2.20. The summed E-state index contributed by atoms with van der Waals surface area (Å²) in [7, 11) is 1.39. The van der Waals surface area contributed by atoms with Crippen molar-refractivity contribution in [2.45, 2.75) is 45.1 Å². The van der Waals surface area contributed by atoms with Crippen molar-refractivity contribution >= 4 is 17.3 Å². The van der Waals surface area contributed by atoms with Gasteiger partial charge in [-0.2, -0.15) is 0 Å². The third-order valence-corrected chi connectivity index (χ3v) is 4.07. The molecule has 20 heavy (non-hydrogen) atoms. The quantitative estimate of drug-likeness (QED) is 0.504. The normalized spacial score (nSPS) is 22.9. The molecule has 1 aliphatic carbocycles. The average Bonchev–Trinajstić information content (AvgIpc) is 2.65. The van der Waals surface area contributed by atoms with E-state index in [9.17, 15) is 4.79 Å². The Labute approximate surface area is 120 Å². The number of anilines is 2. The second kappa shape index (κ2) is 6.64. The van der Waals surface area contributed by atoms with Gasteiger partial charge in [0, 0.05) is 17.4 Å². The Morgan fingerprint density at radius 2 is 2.10 bits per heavy atom. The molecule has 0 radical (unpaired) electrons. The van der Waals surface area contributed by atoms with Gasteiger partial charge in [-0.25, -0.2) is 4.79 Å². The molecule has 4 nitrogen and oxygen atoms in total. The molecule has 0 saturated heterocycles. The average molecular weight is 276 g/mol. The molecule has 0 heterocycles. The lowest BCUT2D eigenvalue weighted by molar-refractivity contribution is 0.0602. The van der Waals surface area contributed by atoms with Crippen molar-refractivity contribution in [3.63, 3.8) is 0 Å². The van der Waals surface area contributed by atoms with E-state index in [2.05, 4.69) is 12.2 Å². The number of ether oxygens (including phenoxy) is 1. The number of nitrogen functional groups attached to an aromatic ring is 1. The Kier molecular flexibility index (Phi) is 4.88. The highest BCUT2D eigenvalue weighted by Crippen LogP contribution is 2.27. The number of carbonyl (C=O) groups excluding carboxylic acids is 1. The Morgan fingerprint density at radius 3 is 2.85 bits per heavy atom. The minimum atomic E-state index is -0.346. The Morgan fingerprint density at radius 1 is 1.30 bits per heavy atom. The highest BCUT2D eigenvalue weighted by atomic mass is 16.5. The number of hydrogen-bond donors (Lipinski definition) is 2. The van der Waals surface area contributed by atoms with Crippen molar-refractivity contribution in [3.05, 3.63) is 23.8 Å². The van der Waals surface area contributed by atoms with E-state index >= 15 is 0 Å². The second-order valence-corrected chi connectivity index (χ2v) is 5.75. The molecule has 0 amide bonds. The standard InChI is InChI=1S/C16H24N2O2/c1-11-4-3-5-13(8-6-11)18-15-9-7-12(17)10-14(15)16(19)20-2/h7,9-11,13,18H,3-6,8,17H2,1-2H3. The lowest BCUT2D eigenvalue weighted by Crippen LogP contribution is -2.20. The molecule has 0 aliphatic heterocycles. The number of methoxy groups -OCH3 is 1. The maximum absolute atomic E-state index is 11.8. The smallest absolute Gasteiger partial charge is 0.340 e. The Hall–Kier alpha value is -1.71. The molecule has 1 fully saturated rings. The van der Waals surface area contributed by atoms with E-state index < -0.39 is 0 Å². The molecule has 2 unspecified atom stereocenters. The van der Waals surface area contributed by atoms with Gasteiger partial charge in [0.05, 0.1) is 12.7 Å². The number of hydrogen-bond acceptors (Lipinski definition) is 4. The molecule has 1 aromatic rings. The van der Waals surface area contributed by atoms with Gasteiger partial charge in [-0.1, -0.05) is 19.8 Å². The number of rotatable bonds is 3. The molecular formula is C16H24N2O2. The summed E-state index contributed by atoms with van der Waals surface area (Å²) in [6.07, 6.45) is 6.06. The van der Waals surface area contributed by atoms with Crippen LogP contribution in [0.5, 0.6) is 0 Å². The van der Waals surface area contributed by atoms with Crippen molar-refractivity contribution in [1.82, 2.24) is 0 Å². The topological polar surface area (TPSA) is 64.3 Å². The molecule has 2 atom stereocenters. The molecule has 3 N–H and O–H groups in total. The van der Waals surface area contributed by atoms with Gasteiger partial charge in [0.25, 0.3) is 0 Å². The zero-order chi connectivity index (χ0) is 14.5. The summed E-state index contributed by atoms with van der Waals surface area (Å²) < 4.78 is 4.83. The molecule has 0 aromatic heterocycles. The number of esters is 1. The third kappa shape index (κ3) is 3.65. The fourth-order valence-corrected chi connectivity index (χ4v) is 2.82.